The molecule has 24 heavy (non-hydrogen) atoms. The van der Waals surface area contributed by atoms with Crippen LogP contribution < -0.4 is 0 Å². The van der Waals surface area contributed by atoms with Crippen LogP contribution in [0.3, 0.4) is 0 Å². The van der Waals surface area contributed by atoms with Gasteiger partial charge < -0.3 is 10.2 Å². The van der Waals surface area contributed by atoms with E-state index in [0.29, 0.717) is 0 Å². The molecule has 0 unspecified atom stereocenters. The summed E-state index contributed by atoms with van der Waals surface area (Å²) in [7, 11) is 3.12. The van der Waals surface area contributed by atoms with E-state index in [1.54, 1.807) is 29.0 Å². The highest BCUT2D eigenvalue weighted by molar-refractivity contribution is 8.76. The zero-order valence-electron chi connectivity index (χ0n) is 12.6. The van der Waals surface area contributed by atoms with Crippen molar-refractivity contribution in [1.82, 2.24) is 0 Å². The van der Waals surface area contributed by atoms with Crippen molar-refractivity contribution in [1.29, 1.82) is 0 Å². The maximum absolute atomic E-state index is 10.3. The summed E-state index contributed by atoms with van der Waals surface area (Å²) in [5, 5.41) is 24.3. The first-order valence-electron chi connectivity index (χ1n) is 7.49. The van der Waals surface area contributed by atoms with Gasteiger partial charge >= 0.3 is 0 Å². The standard InChI is InChI=1S/C20H14O2S2/c21-15-10-8-14-5-3-7-19(17(14)12-15)23-24-20-16-6-2-1-4-13(16)9-11-18(20)22/h1-12,21-22H. The van der Waals surface area contributed by atoms with Crippen molar-refractivity contribution in [3.05, 3.63) is 72.8 Å². The first-order valence-corrected chi connectivity index (χ1v) is 9.64. The van der Waals surface area contributed by atoms with Crippen molar-refractivity contribution in [2.24, 2.45) is 0 Å². The Bertz CT molecular complexity index is 1040. The van der Waals surface area contributed by atoms with Gasteiger partial charge in [-0.1, -0.05) is 59.3 Å². The quantitative estimate of drug-likeness (QED) is 0.431. The van der Waals surface area contributed by atoms with Gasteiger partial charge in [-0.25, -0.2) is 0 Å². The molecule has 0 radical (unpaired) electrons. The van der Waals surface area contributed by atoms with Gasteiger partial charge in [0.2, 0.25) is 0 Å². The molecule has 2 N–H and O–H groups in total. The van der Waals surface area contributed by atoms with Gasteiger partial charge in [0.25, 0.3) is 0 Å². The molecule has 0 saturated carbocycles. The zero-order chi connectivity index (χ0) is 16.5. The number of rotatable bonds is 3. The van der Waals surface area contributed by atoms with Crippen LogP contribution in [-0.4, -0.2) is 10.2 Å². The Labute approximate surface area is 147 Å². The highest BCUT2D eigenvalue weighted by atomic mass is 33.1. The second-order valence-corrected chi connectivity index (χ2v) is 7.64. The molecule has 0 atom stereocenters. The van der Waals surface area contributed by atoms with E-state index in [0.717, 1.165) is 31.3 Å². The smallest absolute Gasteiger partial charge is 0.130 e. The van der Waals surface area contributed by atoms with Crippen LogP contribution in [0, 0.1) is 0 Å². The molecule has 0 saturated heterocycles. The molecule has 0 spiro atoms. The number of phenols is 2. The van der Waals surface area contributed by atoms with Crippen LogP contribution in [0.1, 0.15) is 0 Å². The first-order chi connectivity index (χ1) is 11.7. The summed E-state index contributed by atoms with van der Waals surface area (Å²) in [5.41, 5.74) is 0. The predicted octanol–water partition coefficient (Wildman–Crippen LogP) is 6.20. The molecule has 0 aromatic heterocycles. The molecule has 0 amide bonds. The molecule has 4 aromatic rings. The van der Waals surface area contributed by atoms with Gasteiger partial charge in [-0.2, -0.15) is 0 Å². The second-order valence-electron chi connectivity index (χ2n) is 5.46. The first kappa shape index (κ1) is 15.2. The summed E-state index contributed by atoms with van der Waals surface area (Å²) in [5.74, 6) is 0.544. The predicted molar refractivity (Wildman–Crippen MR) is 103 cm³/mol. The Kier molecular flexibility index (Phi) is 4.00. The topological polar surface area (TPSA) is 40.5 Å². The molecule has 0 bridgehead atoms. The Morgan fingerprint density at radius 1 is 0.625 bits per heavy atom. The van der Waals surface area contributed by atoms with Crippen LogP contribution in [0.25, 0.3) is 21.5 Å². The third-order valence-electron chi connectivity index (χ3n) is 3.90. The van der Waals surface area contributed by atoms with E-state index in [1.165, 1.54) is 10.8 Å². The van der Waals surface area contributed by atoms with Crippen LogP contribution in [-0.2, 0) is 0 Å². The minimum absolute atomic E-state index is 0.258. The minimum atomic E-state index is 0.258. The molecule has 0 aliphatic rings. The normalized spacial score (nSPS) is 11.2. The molecule has 4 aromatic carbocycles. The number of hydrogen-bond acceptors (Lipinski definition) is 4. The summed E-state index contributed by atoms with van der Waals surface area (Å²) in [6.45, 7) is 0. The van der Waals surface area contributed by atoms with E-state index in [9.17, 15) is 10.2 Å². The second kappa shape index (κ2) is 6.30. The van der Waals surface area contributed by atoms with E-state index in [2.05, 4.69) is 0 Å². The van der Waals surface area contributed by atoms with Crippen molar-refractivity contribution in [2.45, 2.75) is 9.79 Å². The lowest BCUT2D eigenvalue weighted by atomic mass is 10.1. The SMILES string of the molecule is Oc1ccc2cccc(SSc3c(O)ccc4ccccc34)c2c1. The van der Waals surface area contributed by atoms with Crippen LogP contribution in [0.5, 0.6) is 11.5 Å². The zero-order valence-corrected chi connectivity index (χ0v) is 14.3. The summed E-state index contributed by atoms with van der Waals surface area (Å²) in [4.78, 5) is 1.91. The van der Waals surface area contributed by atoms with Gasteiger partial charge in [-0.15, -0.1) is 0 Å². The molecule has 118 valence electrons. The van der Waals surface area contributed by atoms with Crippen molar-refractivity contribution in [3.63, 3.8) is 0 Å². The van der Waals surface area contributed by atoms with Crippen molar-refractivity contribution in [3.8, 4) is 11.5 Å². The maximum atomic E-state index is 10.3. The van der Waals surface area contributed by atoms with E-state index >= 15 is 0 Å². The van der Waals surface area contributed by atoms with Crippen LogP contribution >= 0.6 is 21.6 Å². The fourth-order valence-electron chi connectivity index (χ4n) is 2.71. The summed E-state index contributed by atoms with van der Waals surface area (Å²) >= 11 is 0. The van der Waals surface area contributed by atoms with Gasteiger partial charge in [0.15, 0.2) is 0 Å². The van der Waals surface area contributed by atoms with Crippen LogP contribution in [0.4, 0.5) is 0 Å². The molecular weight excluding hydrogens is 336 g/mol. The monoisotopic (exact) mass is 350 g/mol. The number of hydrogen-bond donors (Lipinski definition) is 2. The van der Waals surface area contributed by atoms with E-state index in [-0.39, 0.29) is 11.5 Å². The molecule has 0 fully saturated rings. The van der Waals surface area contributed by atoms with Crippen molar-refractivity contribution < 1.29 is 10.2 Å². The molecule has 0 aliphatic carbocycles. The average molecular weight is 350 g/mol. The van der Waals surface area contributed by atoms with E-state index in [1.807, 2.05) is 54.6 Å². The lowest BCUT2D eigenvalue weighted by Gasteiger charge is -2.10. The largest absolute Gasteiger partial charge is 0.508 e. The lowest BCUT2D eigenvalue weighted by Crippen LogP contribution is -1.79. The van der Waals surface area contributed by atoms with Crippen molar-refractivity contribution >= 4 is 43.1 Å². The van der Waals surface area contributed by atoms with E-state index < -0.39 is 0 Å². The Morgan fingerprint density at radius 3 is 2.29 bits per heavy atom. The Morgan fingerprint density at radius 2 is 1.38 bits per heavy atom. The lowest BCUT2D eigenvalue weighted by molar-refractivity contribution is 0.464. The Hall–Kier alpha value is -2.30. The molecular formula is C20H14O2S2. The molecule has 4 heteroatoms. The van der Waals surface area contributed by atoms with Crippen LogP contribution in [0.2, 0.25) is 0 Å². The summed E-state index contributed by atoms with van der Waals surface area (Å²) in [6.07, 6.45) is 0. The minimum Gasteiger partial charge on any atom is -0.508 e. The third kappa shape index (κ3) is 2.79. The fraction of sp³-hybridized carbons (Fsp3) is 0. The van der Waals surface area contributed by atoms with Gasteiger partial charge in [0.1, 0.15) is 11.5 Å². The number of fused-ring (bicyclic) bond motifs is 2. The Balaban J connectivity index is 1.74. The number of benzene rings is 4. The molecule has 0 aliphatic heterocycles. The molecule has 4 rings (SSSR count). The van der Waals surface area contributed by atoms with Gasteiger partial charge in [-0.05, 0) is 56.6 Å². The maximum Gasteiger partial charge on any atom is 0.130 e. The van der Waals surface area contributed by atoms with Gasteiger partial charge in [-0.3, -0.25) is 0 Å². The van der Waals surface area contributed by atoms with Gasteiger partial charge in [0.05, 0.1) is 4.90 Å². The average Bonchev–Trinajstić information content (AvgIpc) is 2.61. The van der Waals surface area contributed by atoms with Crippen LogP contribution in [0.15, 0.2) is 82.6 Å². The number of aromatic hydroxyl groups is 2. The fourth-order valence-corrected chi connectivity index (χ4v) is 5.19. The summed E-state index contributed by atoms with van der Waals surface area (Å²) < 4.78 is 0. The highest BCUT2D eigenvalue weighted by Gasteiger charge is 2.10. The molecule has 2 nitrogen and oxygen atoms in total. The van der Waals surface area contributed by atoms with E-state index in [4.69, 9.17) is 0 Å². The third-order valence-corrected chi connectivity index (χ3v) is 6.40. The van der Waals surface area contributed by atoms with Gasteiger partial charge in [0, 0.05) is 4.90 Å². The van der Waals surface area contributed by atoms with Crippen molar-refractivity contribution in [2.75, 3.05) is 0 Å². The molecule has 0 heterocycles. The number of phenolic OH excluding ortho intramolecular Hbond substituents is 2. The summed E-state index contributed by atoms with van der Waals surface area (Å²) in [6, 6.07) is 23.1. The highest BCUT2D eigenvalue weighted by Crippen LogP contribution is 2.46.